The summed E-state index contributed by atoms with van der Waals surface area (Å²) in [6, 6.07) is 12.5. The van der Waals surface area contributed by atoms with Crippen LogP contribution in [0.1, 0.15) is 30.7 Å². The zero-order valence-electron chi connectivity index (χ0n) is 27.0. The average molecular weight is 702 g/mol. The van der Waals surface area contributed by atoms with Crippen molar-refractivity contribution in [1.29, 1.82) is 10.5 Å². The predicted molar refractivity (Wildman–Crippen MR) is 180 cm³/mol. The van der Waals surface area contributed by atoms with Crippen molar-refractivity contribution in [3.63, 3.8) is 0 Å². The van der Waals surface area contributed by atoms with E-state index in [2.05, 4.69) is 26.5 Å². The lowest BCUT2D eigenvalue weighted by atomic mass is 10.1. The summed E-state index contributed by atoms with van der Waals surface area (Å²) in [5, 5.41) is 36.7. The molecule has 0 bridgehead atoms. The first kappa shape index (κ1) is 35.1. The third-order valence-corrected chi connectivity index (χ3v) is 8.29. The monoisotopic (exact) mass is 701 g/mol. The third-order valence-electron chi connectivity index (χ3n) is 7.90. The topological polar surface area (TPSA) is 228 Å². The van der Waals surface area contributed by atoms with Gasteiger partial charge < -0.3 is 30.5 Å². The summed E-state index contributed by atoms with van der Waals surface area (Å²) in [7, 11) is 0. The molecule has 4 N–H and O–H groups in total. The number of amides is 2. The van der Waals surface area contributed by atoms with E-state index in [1.165, 1.54) is 28.9 Å². The van der Waals surface area contributed by atoms with Crippen LogP contribution in [0, 0.1) is 22.7 Å². The van der Waals surface area contributed by atoms with Crippen LogP contribution >= 0.6 is 11.6 Å². The fourth-order valence-corrected chi connectivity index (χ4v) is 5.55. The number of hydrogen-bond donors (Lipinski definition) is 3. The van der Waals surface area contributed by atoms with Crippen molar-refractivity contribution in [3.05, 3.63) is 64.4 Å². The second kappa shape index (κ2) is 15.4. The summed E-state index contributed by atoms with van der Waals surface area (Å²) in [5.41, 5.74) is 6.84. The number of phenols is 1. The standard InChI is InChI=1S/C32H32ClN11O6/c1-3-37-29-30-38-17-22(16-35)44(30)40-31(39-29)43(32(48)50-18-49-26(46)14-20-4-6-23(45)7-5-20)25-13-21(15-34)12-24(27(25)33)42-10-8-41(9-11-42)19(2)28(36)47/h4-7,12-13,17,19,45H,3,8-11,14,18H2,1-2H3,(H2,36,47)(H,37,39,40)/t19-/m0/s1. The molecule has 4 aromatic rings. The Morgan fingerprint density at radius 3 is 2.48 bits per heavy atom. The number of fused-ring (bicyclic) bond motifs is 1. The summed E-state index contributed by atoms with van der Waals surface area (Å²) in [6.45, 7) is 4.91. The molecule has 3 heterocycles. The zero-order chi connectivity index (χ0) is 35.9. The number of aromatic nitrogens is 4. The normalized spacial score (nSPS) is 13.6. The molecule has 0 unspecified atom stereocenters. The number of nitriles is 2. The van der Waals surface area contributed by atoms with Crippen LogP contribution in [-0.4, -0.2) is 93.1 Å². The molecule has 0 spiro atoms. The Morgan fingerprint density at radius 1 is 1.12 bits per heavy atom. The fraction of sp³-hybridized carbons (Fsp3) is 0.312. The number of halogens is 1. The highest BCUT2D eigenvalue weighted by Crippen LogP contribution is 2.40. The number of ether oxygens (including phenoxy) is 2. The zero-order valence-corrected chi connectivity index (χ0v) is 27.8. The molecule has 0 radical (unpaired) electrons. The Bertz CT molecular complexity index is 2000. The lowest BCUT2D eigenvalue weighted by Crippen LogP contribution is -2.53. The molecule has 1 aliphatic rings. The minimum absolute atomic E-state index is 0.0329. The number of aromatic hydroxyl groups is 1. The highest BCUT2D eigenvalue weighted by Gasteiger charge is 2.32. The Kier molecular flexibility index (Phi) is 10.8. The van der Waals surface area contributed by atoms with Crippen LogP contribution in [0.4, 0.5) is 27.9 Å². The van der Waals surface area contributed by atoms with Crippen LogP contribution in [0.3, 0.4) is 0 Å². The van der Waals surface area contributed by atoms with E-state index in [1.54, 1.807) is 25.1 Å². The van der Waals surface area contributed by atoms with Gasteiger partial charge in [0.05, 0.1) is 46.7 Å². The lowest BCUT2D eigenvalue weighted by molar-refractivity contribution is -0.150. The van der Waals surface area contributed by atoms with E-state index < -0.39 is 30.8 Å². The molecule has 0 saturated carbocycles. The molecule has 1 aliphatic heterocycles. The number of esters is 1. The lowest BCUT2D eigenvalue weighted by Gasteiger charge is -2.38. The number of benzene rings is 2. The van der Waals surface area contributed by atoms with Gasteiger partial charge in [-0.3, -0.25) is 14.5 Å². The van der Waals surface area contributed by atoms with Crippen molar-refractivity contribution in [1.82, 2.24) is 24.5 Å². The summed E-state index contributed by atoms with van der Waals surface area (Å²) in [4.78, 5) is 51.7. The number of hydrogen-bond acceptors (Lipinski definition) is 14. The Morgan fingerprint density at radius 2 is 1.84 bits per heavy atom. The molecule has 2 aromatic carbocycles. The van der Waals surface area contributed by atoms with Crippen LogP contribution in [0.25, 0.3) is 5.65 Å². The Hall–Kier alpha value is -6.17. The molecule has 18 heteroatoms. The van der Waals surface area contributed by atoms with E-state index in [9.17, 15) is 30.0 Å². The van der Waals surface area contributed by atoms with Gasteiger partial charge in [-0.05, 0) is 43.7 Å². The van der Waals surface area contributed by atoms with Crippen LogP contribution in [-0.2, 0) is 25.5 Å². The maximum absolute atomic E-state index is 13.9. The Labute approximate surface area is 291 Å². The van der Waals surface area contributed by atoms with E-state index in [0.717, 1.165) is 4.90 Å². The van der Waals surface area contributed by atoms with Crippen LogP contribution in [0.2, 0.25) is 5.02 Å². The minimum atomic E-state index is -1.12. The fourth-order valence-electron chi connectivity index (χ4n) is 5.24. The number of carbonyl (C=O) groups is 3. The predicted octanol–water partition coefficient (Wildman–Crippen LogP) is 2.67. The third kappa shape index (κ3) is 7.59. The molecule has 2 aromatic heterocycles. The highest BCUT2D eigenvalue weighted by atomic mass is 35.5. The van der Waals surface area contributed by atoms with Crippen molar-refractivity contribution < 1.29 is 29.0 Å². The second-order valence-electron chi connectivity index (χ2n) is 11.0. The quantitative estimate of drug-likeness (QED) is 0.151. The molecule has 258 valence electrons. The van der Waals surface area contributed by atoms with Gasteiger partial charge in [0, 0.05) is 32.7 Å². The Balaban J connectivity index is 1.51. The largest absolute Gasteiger partial charge is 0.508 e. The van der Waals surface area contributed by atoms with Gasteiger partial charge in [0.2, 0.25) is 12.7 Å². The molecule has 1 atom stereocenters. The van der Waals surface area contributed by atoms with Gasteiger partial charge in [0.25, 0.3) is 5.95 Å². The van der Waals surface area contributed by atoms with Crippen molar-refractivity contribution >= 4 is 58.4 Å². The molecule has 0 aliphatic carbocycles. The molecule has 1 fully saturated rings. The van der Waals surface area contributed by atoms with E-state index in [1.807, 2.05) is 22.8 Å². The smallest absolute Gasteiger partial charge is 0.424 e. The molecular weight excluding hydrogens is 670 g/mol. The molecular formula is C32H32ClN11O6. The van der Waals surface area contributed by atoms with Gasteiger partial charge in [0.1, 0.15) is 11.8 Å². The van der Waals surface area contributed by atoms with Gasteiger partial charge in [-0.1, -0.05) is 23.7 Å². The van der Waals surface area contributed by atoms with Crippen molar-refractivity contribution in [2.24, 2.45) is 5.73 Å². The van der Waals surface area contributed by atoms with Gasteiger partial charge in [-0.2, -0.15) is 20.0 Å². The van der Waals surface area contributed by atoms with E-state index in [0.29, 0.717) is 44.0 Å². The van der Waals surface area contributed by atoms with Gasteiger partial charge in [-0.15, -0.1) is 5.10 Å². The summed E-state index contributed by atoms with van der Waals surface area (Å²) in [5.74, 6) is -1.24. The summed E-state index contributed by atoms with van der Waals surface area (Å²) < 4.78 is 11.7. The van der Waals surface area contributed by atoms with Crippen molar-refractivity contribution in [2.75, 3.05) is 54.6 Å². The number of piperazine rings is 1. The van der Waals surface area contributed by atoms with E-state index >= 15 is 0 Å². The number of phenolic OH excluding ortho intramolecular Hbond substituents is 1. The van der Waals surface area contributed by atoms with E-state index in [-0.39, 0.29) is 51.6 Å². The van der Waals surface area contributed by atoms with Gasteiger partial charge in [0.15, 0.2) is 17.2 Å². The first-order chi connectivity index (χ1) is 24.0. The number of primary amides is 1. The SMILES string of the molecule is CCNc1nc(N(C(=O)OCOC(=O)Cc2ccc(O)cc2)c2cc(C#N)cc(N3CCN([C@@H](C)C(N)=O)CC3)c2Cl)nn2c(C#N)cnc12. The first-order valence-electron chi connectivity index (χ1n) is 15.4. The summed E-state index contributed by atoms with van der Waals surface area (Å²) >= 11 is 7.02. The minimum Gasteiger partial charge on any atom is -0.508 e. The van der Waals surface area contributed by atoms with E-state index in [4.69, 9.17) is 26.8 Å². The van der Waals surface area contributed by atoms with Crippen molar-refractivity contribution in [3.8, 4) is 17.9 Å². The number of nitrogens with one attached hydrogen (secondary N) is 1. The van der Waals surface area contributed by atoms with Gasteiger partial charge in [-0.25, -0.2) is 14.7 Å². The number of imidazole rings is 1. The summed E-state index contributed by atoms with van der Waals surface area (Å²) in [6.07, 6.45) is 0.0201. The van der Waals surface area contributed by atoms with Crippen LogP contribution in [0.5, 0.6) is 5.75 Å². The number of carbonyl (C=O) groups excluding carboxylic acids is 3. The first-order valence-corrected chi connectivity index (χ1v) is 15.7. The second-order valence-corrected chi connectivity index (χ2v) is 11.4. The molecule has 1 saturated heterocycles. The molecule has 17 nitrogen and oxygen atoms in total. The number of nitrogens with zero attached hydrogens (tertiary/aromatic N) is 9. The molecule has 50 heavy (non-hydrogen) atoms. The number of anilines is 4. The highest BCUT2D eigenvalue weighted by molar-refractivity contribution is 6.36. The average Bonchev–Trinajstić information content (AvgIpc) is 3.53. The van der Waals surface area contributed by atoms with Crippen LogP contribution < -0.4 is 20.9 Å². The van der Waals surface area contributed by atoms with Crippen LogP contribution in [0.15, 0.2) is 42.6 Å². The molecule has 2 amide bonds. The number of nitrogens with two attached hydrogens (primary N) is 1. The maximum atomic E-state index is 13.9. The van der Waals surface area contributed by atoms with Crippen molar-refractivity contribution in [2.45, 2.75) is 26.3 Å². The van der Waals surface area contributed by atoms with Gasteiger partial charge >= 0.3 is 12.1 Å². The maximum Gasteiger partial charge on any atom is 0.424 e. The molecule has 5 rings (SSSR count). The number of rotatable bonds is 11.